The molecule has 0 spiro atoms. The number of benzene rings is 3. The molecule has 3 aromatic rings. The second-order valence-corrected chi connectivity index (χ2v) is 12.3. The quantitative estimate of drug-likeness (QED) is 0.265. The molecule has 0 N–H and O–H groups in total. The van der Waals surface area contributed by atoms with E-state index in [1.54, 1.807) is 7.11 Å². The number of hydrogen-bond donors (Lipinski definition) is 0. The lowest BCUT2D eigenvalue weighted by molar-refractivity contribution is 0.400. The molecular weight excluding hydrogens is 451 g/mol. The molecule has 188 valence electrons. The van der Waals surface area contributed by atoms with E-state index in [4.69, 9.17) is 14.2 Å². The third-order valence-electron chi connectivity index (χ3n) is 7.61. The number of rotatable bonds is 10. The van der Waals surface area contributed by atoms with E-state index >= 15 is 0 Å². The van der Waals surface area contributed by atoms with E-state index in [1.165, 1.54) is 67.4 Å². The van der Waals surface area contributed by atoms with Gasteiger partial charge in [-0.15, -0.1) is 0 Å². The maximum atomic E-state index is 6.35. The third-order valence-corrected chi connectivity index (χ3v) is 11.3. The van der Waals surface area contributed by atoms with Gasteiger partial charge in [-0.3, -0.25) is 0 Å². The standard InChI is InChI=1S/C31H41O3P/c1-6-13-23(7-2)35(24-15-9-8-10-16-24)31-28(33-4)21-19-26(30(31)34-5)29-25-17-12-11-14-22(25)18-20-27(29)32-3/h11-12,14,17-21,23-24H,6-10,13,15-16H2,1-5H3. The summed E-state index contributed by atoms with van der Waals surface area (Å²) in [6.07, 6.45) is 10.4. The summed E-state index contributed by atoms with van der Waals surface area (Å²) in [5.74, 6) is 2.84. The van der Waals surface area contributed by atoms with Gasteiger partial charge in [-0.25, -0.2) is 0 Å². The highest BCUT2D eigenvalue weighted by Crippen LogP contribution is 2.58. The Hall–Kier alpha value is -2.25. The molecule has 3 nitrogen and oxygen atoms in total. The van der Waals surface area contributed by atoms with Crippen molar-refractivity contribution in [2.24, 2.45) is 0 Å². The van der Waals surface area contributed by atoms with Crippen LogP contribution >= 0.6 is 7.92 Å². The molecule has 2 unspecified atom stereocenters. The predicted octanol–water partition coefficient (Wildman–Crippen LogP) is 8.55. The topological polar surface area (TPSA) is 27.7 Å². The molecule has 0 aliphatic heterocycles. The van der Waals surface area contributed by atoms with Gasteiger partial charge in [-0.1, -0.05) is 77.8 Å². The van der Waals surface area contributed by atoms with E-state index in [1.807, 2.05) is 14.2 Å². The van der Waals surface area contributed by atoms with Crippen LogP contribution in [0.2, 0.25) is 0 Å². The van der Waals surface area contributed by atoms with Crippen molar-refractivity contribution in [1.82, 2.24) is 0 Å². The van der Waals surface area contributed by atoms with Crippen molar-refractivity contribution in [2.45, 2.75) is 76.5 Å². The number of methoxy groups -OCH3 is 3. The van der Waals surface area contributed by atoms with E-state index in [2.05, 4.69) is 62.4 Å². The van der Waals surface area contributed by atoms with Crippen LogP contribution < -0.4 is 19.5 Å². The van der Waals surface area contributed by atoms with Gasteiger partial charge in [-0.05, 0) is 66.0 Å². The van der Waals surface area contributed by atoms with E-state index in [9.17, 15) is 0 Å². The Morgan fingerprint density at radius 1 is 0.829 bits per heavy atom. The summed E-state index contributed by atoms with van der Waals surface area (Å²) in [6.45, 7) is 4.69. The molecule has 0 radical (unpaired) electrons. The molecular formula is C31H41O3P. The lowest BCUT2D eigenvalue weighted by Gasteiger charge is -2.38. The Morgan fingerprint density at radius 2 is 1.54 bits per heavy atom. The zero-order valence-corrected chi connectivity index (χ0v) is 23.0. The number of ether oxygens (including phenoxy) is 3. The first-order valence-electron chi connectivity index (χ1n) is 13.3. The van der Waals surface area contributed by atoms with Crippen molar-refractivity contribution < 1.29 is 14.2 Å². The summed E-state index contributed by atoms with van der Waals surface area (Å²) in [6, 6.07) is 17.1. The van der Waals surface area contributed by atoms with Gasteiger partial charge in [0, 0.05) is 11.1 Å². The number of fused-ring (bicyclic) bond motifs is 1. The molecule has 0 bridgehead atoms. The Balaban J connectivity index is 2.00. The van der Waals surface area contributed by atoms with Crippen LogP contribution in [0.4, 0.5) is 0 Å². The average Bonchev–Trinajstić information content (AvgIpc) is 2.92. The summed E-state index contributed by atoms with van der Waals surface area (Å²) in [4.78, 5) is 0. The Labute approximate surface area is 212 Å². The minimum absolute atomic E-state index is 0.451. The highest BCUT2D eigenvalue weighted by molar-refractivity contribution is 7.67. The molecule has 0 aromatic heterocycles. The zero-order valence-electron chi connectivity index (χ0n) is 22.1. The monoisotopic (exact) mass is 492 g/mol. The van der Waals surface area contributed by atoms with Gasteiger partial charge >= 0.3 is 0 Å². The first-order valence-corrected chi connectivity index (χ1v) is 14.8. The maximum Gasteiger partial charge on any atom is 0.138 e. The van der Waals surface area contributed by atoms with E-state index in [0.717, 1.165) is 34.0 Å². The minimum atomic E-state index is -0.451. The molecule has 3 aromatic carbocycles. The van der Waals surface area contributed by atoms with Gasteiger partial charge in [0.15, 0.2) is 0 Å². The molecule has 35 heavy (non-hydrogen) atoms. The summed E-state index contributed by atoms with van der Waals surface area (Å²) in [5, 5.41) is 3.71. The van der Waals surface area contributed by atoms with E-state index in [0.29, 0.717) is 5.66 Å². The second kappa shape index (κ2) is 12.1. The molecule has 4 heteroatoms. The zero-order chi connectivity index (χ0) is 24.8. The van der Waals surface area contributed by atoms with Crippen molar-refractivity contribution in [3.05, 3.63) is 48.5 Å². The molecule has 1 fully saturated rings. The second-order valence-electron chi connectivity index (χ2n) is 9.61. The smallest absolute Gasteiger partial charge is 0.138 e. The molecule has 1 aliphatic carbocycles. The van der Waals surface area contributed by atoms with Crippen LogP contribution in [0.15, 0.2) is 48.5 Å². The van der Waals surface area contributed by atoms with Crippen LogP contribution in [-0.2, 0) is 0 Å². The SMILES string of the molecule is CCCC(CC)P(c1c(OC)ccc(-c2c(OC)ccc3ccccc23)c1OC)C1CCCCC1. The first-order chi connectivity index (χ1) is 17.2. The van der Waals surface area contributed by atoms with Gasteiger partial charge in [0.25, 0.3) is 0 Å². The average molecular weight is 493 g/mol. The molecule has 4 rings (SSSR count). The fourth-order valence-electron chi connectivity index (χ4n) is 5.96. The highest BCUT2D eigenvalue weighted by Gasteiger charge is 2.35. The summed E-state index contributed by atoms with van der Waals surface area (Å²) in [7, 11) is 4.95. The van der Waals surface area contributed by atoms with E-state index in [-0.39, 0.29) is 0 Å². The van der Waals surface area contributed by atoms with Crippen LogP contribution in [0, 0.1) is 0 Å². The molecule has 0 heterocycles. The van der Waals surface area contributed by atoms with Crippen LogP contribution in [0.25, 0.3) is 21.9 Å². The fraction of sp³-hybridized carbons (Fsp3) is 0.484. The van der Waals surface area contributed by atoms with Crippen molar-refractivity contribution in [3.63, 3.8) is 0 Å². The molecule has 1 aliphatic rings. The lowest BCUT2D eigenvalue weighted by Crippen LogP contribution is -2.26. The van der Waals surface area contributed by atoms with Crippen molar-refractivity contribution >= 4 is 24.0 Å². The van der Waals surface area contributed by atoms with Gasteiger partial charge in [0.2, 0.25) is 0 Å². The highest BCUT2D eigenvalue weighted by atomic mass is 31.1. The minimum Gasteiger partial charge on any atom is -0.496 e. The van der Waals surface area contributed by atoms with Crippen molar-refractivity contribution in [1.29, 1.82) is 0 Å². The lowest BCUT2D eigenvalue weighted by atomic mass is 9.96. The molecule has 2 atom stereocenters. The Bertz CT molecular complexity index is 1110. The van der Waals surface area contributed by atoms with Crippen LogP contribution in [0.1, 0.15) is 65.2 Å². The van der Waals surface area contributed by atoms with Crippen molar-refractivity contribution in [3.8, 4) is 28.4 Å². The van der Waals surface area contributed by atoms with Gasteiger partial charge in [-0.2, -0.15) is 0 Å². The normalized spacial score (nSPS) is 16.1. The van der Waals surface area contributed by atoms with Gasteiger partial charge in [0.1, 0.15) is 17.2 Å². The summed E-state index contributed by atoms with van der Waals surface area (Å²) < 4.78 is 18.3. The summed E-state index contributed by atoms with van der Waals surface area (Å²) >= 11 is 0. The predicted molar refractivity (Wildman–Crippen MR) is 151 cm³/mol. The van der Waals surface area contributed by atoms with E-state index < -0.39 is 7.92 Å². The first kappa shape index (κ1) is 25.8. The van der Waals surface area contributed by atoms with Crippen LogP contribution in [0.3, 0.4) is 0 Å². The van der Waals surface area contributed by atoms with Crippen LogP contribution in [-0.4, -0.2) is 32.6 Å². The fourth-order valence-corrected chi connectivity index (χ4v) is 10.0. The Kier molecular flexibility index (Phi) is 8.95. The van der Waals surface area contributed by atoms with Gasteiger partial charge in [0.05, 0.1) is 26.6 Å². The van der Waals surface area contributed by atoms with Gasteiger partial charge < -0.3 is 14.2 Å². The van der Waals surface area contributed by atoms with Crippen molar-refractivity contribution in [2.75, 3.05) is 21.3 Å². The molecule has 0 amide bonds. The van der Waals surface area contributed by atoms with Crippen LogP contribution in [0.5, 0.6) is 17.2 Å². The number of hydrogen-bond acceptors (Lipinski definition) is 3. The Morgan fingerprint density at radius 3 is 2.20 bits per heavy atom. The summed E-state index contributed by atoms with van der Waals surface area (Å²) in [5.41, 5.74) is 3.60. The molecule has 1 saturated carbocycles. The maximum absolute atomic E-state index is 6.35. The largest absolute Gasteiger partial charge is 0.496 e. The molecule has 0 saturated heterocycles. The third kappa shape index (κ3) is 5.17.